The number of halogens is 3. The van der Waals surface area contributed by atoms with Crippen LogP contribution in [-0.4, -0.2) is 117 Å². The van der Waals surface area contributed by atoms with E-state index in [2.05, 4.69) is 59.5 Å². The van der Waals surface area contributed by atoms with Crippen LogP contribution in [0.15, 0.2) is 209 Å². The highest BCUT2D eigenvalue weighted by molar-refractivity contribution is 7.89. The number of carbonyl (C=O) groups excluding carboxylic acids is 1. The van der Waals surface area contributed by atoms with E-state index in [1.807, 2.05) is 125 Å². The topological polar surface area (TPSA) is 269 Å². The predicted molar refractivity (Wildman–Crippen MR) is 466 cm³/mol. The Balaban J connectivity index is 0.000000138. The van der Waals surface area contributed by atoms with Crippen molar-refractivity contribution in [2.24, 2.45) is 0 Å². The van der Waals surface area contributed by atoms with E-state index in [0.29, 0.717) is 71.3 Å². The Morgan fingerprint density at radius 1 is 0.549 bits per heavy atom. The minimum atomic E-state index is -3.82. The molecule has 2 N–H and O–H groups in total. The number of hydrogen-bond donors (Lipinski definition) is 2. The predicted octanol–water partition coefficient (Wildman–Crippen LogP) is 17.5. The summed E-state index contributed by atoms with van der Waals surface area (Å²) in [7, 11) is -5.98. The average Bonchev–Trinajstić information content (AvgIpc) is 1.59. The zero-order valence-corrected chi connectivity index (χ0v) is 72.6. The van der Waals surface area contributed by atoms with Crippen LogP contribution in [0.5, 0.6) is 23.1 Å². The number of ether oxygens (including phenoxy) is 7. The first-order valence-corrected chi connectivity index (χ1v) is 45.4. The molecule has 6 aromatic heterocycles. The van der Waals surface area contributed by atoms with E-state index in [9.17, 15) is 26.4 Å². The van der Waals surface area contributed by atoms with Crippen LogP contribution in [-0.2, 0) is 117 Å². The van der Waals surface area contributed by atoms with Gasteiger partial charge in [-0.15, -0.1) is 0 Å². The van der Waals surface area contributed by atoms with Crippen LogP contribution in [0, 0.1) is 6.92 Å². The van der Waals surface area contributed by atoms with Crippen molar-refractivity contribution in [1.29, 1.82) is 0 Å². The van der Waals surface area contributed by atoms with Gasteiger partial charge in [0.15, 0.2) is 0 Å². The number of methoxy groups -OCH3 is 1. The molecule has 0 unspecified atom stereocenters. The molecule has 11 aromatic rings. The van der Waals surface area contributed by atoms with E-state index >= 15 is 0 Å². The third-order valence-corrected chi connectivity index (χ3v) is 27.3. The number of aryl methyl sites for hydroxylation is 1. The third-order valence-electron chi connectivity index (χ3n) is 22.7. The van der Waals surface area contributed by atoms with Gasteiger partial charge in [-0.05, 0) is 214 Å². The third kappa shape index (κ3) is 20.5. The number of carbonyl (C=O) groups is 1. The van der Waals surface area contributed by atoms with Crippen LogP contribution in [0.1, 0.15) is 151 Å². The van der Waals surface area contributed by atoms with Gasteiger partial charge in [-0.2, -0.15) is 8.61 Å². The first-order chi connectivity index (χ1) is 58.8. The lowest BCUT2D eigenvalue weighted by atomic mass is 9.96. The molecular formula is C94H97Cl3N10O13S2. The molecule has 4 aliphatic carbocycles. The number of pyridine rings is 6. The number of para-hydroxylation sites is 2. The zero-order valence-electron chi connectivity index (χ0n) is 68.7. The number of amides is 1. The molecule has 0 radical (unpaired) electrons. The number of hydrogen-bond acceptors (Lipinski definition) is 19. The van der Waals surface area contributed by atoms with Gasteiger partial charge in [0, 0.05) is 163 Å². The molecule has 10 heterocycles. The van der Waals surface area contributed by atoms with Crippen molar-refractivity contribution < 1.29 is 54.8 Å². The van der Waals surface area contributed by atoms with Crippen LogP contribution in [0.25, 0.3) is 22.3 Å². The van der Waals surface area contributed by atoms with E-state index in [0.717, 1.165) is 173 Å². The fourth-order valence-corrected chi connectivity index (χ4v) is 18.8. The Labute approximate surface area is 726 Å². The summed E-state index contributed by atoms with van der Waals surface area (Å²) in [5, 5.41) is 4.72. The summed E-state index contributed by atoms with van der Waals surface area (Å²) in [6.07, 6.45) is 17.9. The van der Waals surface area contributed by atoms with Crippen molar-refractivity contribution in [2.45, 2.75) is 190 Å². The minimum absolute atomic E-state index is 0.154. The molecule has 4 fully saturated rings. The Kier molecular flexibility index (Phi) is 25.7. The first kappa shape index (κ1) is 85.4. The van der Waals surface area contributed by atoms with Gasteiger partial charge < -0.3 is 48.4 Å². The fourth-order valence-electron chi connectivity index (χ4n) is 15.4. The van der Waals surface area contributed by atoms with Crippen molar-refractivity contribution in [3.05, 3.63) is 299 Å². The summed E-state index contributed by atoms with van der Waals surface area (Å²) in [5.41, 5.74) is 15.6. The second kappa shape index (κ2) is 36.7. The molecular weight excluding hydrogens is 1650 g/mol. The van der Waals surface area contributed by atoms with E-state index in [1.165, 1.54) is 32.0 Å². The number of sulfonamides is 2. The minimum Gasteiger partial charge on any atom is -0.497 e. The molecule has 0 saturated heterocycles. The van der Waals surface area contributed by atoms with Crippen LogP contribution in [0.4, 0.5) is 4.79 Å². The lowest BCUT2D eigenvalue weighted by Gasteiger charge is -2.30. The number of aromatic amines is 1. The van der Waals surface area contributed by atoms with Crippen LogP contribution in [0.2, 0.25) is 15.2 Å². The number of aromatic nitrogens is 6. The van der Waals surface area contributed by atoms with E-state index in [4.69, 9.17) is 68.0 Å². The summed E-state index contributed by atoms with van der Waals surface area (Å²) < 4.78 is 100. The van der Waals surface area contributed by atoms with Gasteiger partial charge in [-0.3, -0.25) is 19.7 Å². The van der Waals surface area contributed by atoms with Crippen molar-refractivity contribution in [2.75, 3.05) is 33.3 Å². The van der Waals surface area contributed by atoms with Gasteiger partial charge in [-0.25, -0.2) is 31.6 Å². The van der Waals surface area contributed by atoms with E-state index in [1.54, 1.807) is 72.9 Å². The summed E-state index contributed by atoms with van der Waals surface area (Å²) in [6, 6.07) is 52.1. The highest BCUT2D eigenvalue weighted by atomic mass is 35.5. The van der Waals surface area contributed by atoms with Gasteiger partial charge in [0.2, 0.25) is 31.5 Å². The SMILES string of the molecule is CC(C)(C)OC(=O)N1CCc2nc(Cl)ccc2C1.COc1ccc(COc2ccc3c(n2)CCN(S(=O)(=O)c2ccc(Cl)c(COC4(c5cnccc5-c5ccccc5OC5CC5)CC4)c2)C3)cc1.Cc1ccc2c(n1)CCNC2.O=c1ccc2c([nH]1)CCN(S(=O)(=O)c1ccc(Cl)c(COC3(c4cnccc4-c4ccccc4OC4CC4)CC3)c1)C2. The van der Waals surface area contributed by atoms with Gasteiger partial charge >= 0.3 is 6.09 Å². The first-order valence-electron chi connectivity index (χ1n) is 41.3. The van der Waals surface area contributed by atoms with E-state index in [-0.39, 0.29) is 66.5 Å². The molecule has 0 atom stereocenters. The number of H-pyrrole nitrogens is 1. The Bertz CT molecular complexity index is 5980. The second-order valence-corrected chi connectivity index (χ2v) is 37.9. The molecule has 1 amide bonds. The second-order valence-electron chi connectivity index (χ2n) is 32.8. The van der Waals surface area contributed by atoms with E-state index < -0.39 is 36.8 Å². The standard InChI is InChI=1S/C40H38ClN3O6S.C32H30ClN3O5S.C13H17ClN2O2.C9H12N2/c1-47-30-9-6-27(7-10-30)25-48-39-15-8-28-24-44(21-17-37(28)43-39)51(45,46)32-13-14-36(41)29(22-32)26-49-40(18-19-40)35-23-42-20-16-33(35)34-4-2-3-5-38(34)50-31-11-12-31;33-28-9-8-24(42(38,39)36-16-12-29-21(19-36)5-10-31(37)35-29)17-22(28)20-40-32(13-14-32)27-18-34-15-11-25(27)26-3-1-2-4-30(26)41-23-6-7-23;1-13(2,3)18-12(17)16-7-6-10-9(8-16)4-5-11(14)15-10;1-7-2-3-8-6-10-5-4-9(8)11-7/h2-10,13-16,20,22-23,31H,11-12,17-19,21,24-26H2,1H3;1-5,8-11,15,17-18,23H,6-7,12-14,16,19-20H2,(H,35,37);4-5H,6-8H2,1-3H3;2-3,10H,4-6H2,1H3. The van der Waals surface area contributed by atoms with Gasteiger partial charge in [-0.1, -0.05) is 108 Å². The zero-order chi connectivity index (χ0) is 84.9. The molecule has 5 aromatic carbocycles. The number of nitrogens with zero attached hydrogens (tertiary/aromatic N) is 8. The highest BCUT2D eigenvalue weighted by Crippen LogP contribution is 2.55. The Morgan fingerprint density at radius 3 is 1.66 bits per heavy atom. The fraction of sp³-hybridized carbons (Fsp3) is 0.351. The lowest BCUT2D eigenvalue weighted by Crippen LogP contribution is -2.40. The van der Waals surface area contributed by atoms with Gasteiger partial charge in [0.1, 0.15) is 34.6 Å². The molecule has 28 heteroatoms. The number of rotatable bonds is 22. The van der Waals surface area contributed by atoms with Crippen LogP contribution < -0.4 is 29.8 Å². The maximum Gasteiger partial charge on any atom is 0.410 e. The van der Waals surface area contributed by atoms with Crippen molar-refractivity contribution in [1.82, 2.24) is 48.7 Å². The average molecular weight is 1750 g/mol. The molecule has 8 aliphatic rings. The quantitative estimate of drug-likeness (QED) is 0.0597. The van der Waals surface area contributed by atoms with Crippen LogP contribution in [0.3, 0.4) is 0 Å². The van der Waals surface area contributed by atoms with Crippen molar-refractivity contribution in [3.8, 4) is 45.4 Å². The summed E-state index contributed by atoms with van der Waals surface area (Å²) in [6.45, 7) is 12.5. The molecule has 4 saturated carbocycles. The Hall–Kier alpha value is -10.2. The molecule has 0 bridgehead atoms. The van der Waals surface area contributed by atoms with Crippen molar-refractivity contribution >= 4 is 60.9 Å². The Morgan fingerprint density at radius 2 is 1.08 bits per heavy atom. The number of benzene rings is 5. The summed E-state index contributed by atoms with van der Waals surface area (Å²) in [5.74, 6) is 3.01. The number of nitrogens with one attached hydrogen (secondary N) is 2. The largest absolute Gasteiger partial charge is 0.497 e. The molecule has 122 heavy (non-hydrogen) atoms. The maximum atomic E-state index is 13.9. The van der Waals surface area contributed by atoms with Crippen molar-refractivity contribution in [3.63, 3.8) is 0 Å². The molecule has 0 spiro atoms. The molecule has 4 aliphatic heterocycles. The molecule has 19 rings (SSSR count). The molecule has 23 nitrogen and oxygen atoms in total. The highest BCUT2D eigenvalue weighted by Gasteiger charge is 2.49. The summed E-state index contributed by atoms with van der Waals surface area (Å²) >= 11 is 19.1. The number of fused-ring (bicyclic) bond motifs is 4. The van der Waals surface area contributed by atoms with Gasteiger partial charge in [0.25, 0.3) is 0 Å². The smallest absolute Gasteiger partial charge is 0.410 e. The monoisotopic (exact) mass is 1740 g/mol. The maximum absolute atomic E-state index is 13.9. The summed E-state index contributed by atoms with van der Waals surface area (Å²) in [4.78, 5) is 50.8. The molecule has 634 valence electrons. The van der Waals surface area contributed by atoms with Gasteiger partial charge in [0.05, 0.1) is 65.8 Å². The lowest BCUT2D eigenvalue weighted by molar-refractivity contribution is 0.0171. The van der Waals surface area contributed by atoms with Crippen LogP contribution >= 0.6 is 34.8 Å². The normalized spacial score (nSPS) is 16.8.